The van der Waals surface area contributed by atoms with Crippen molar-refractivity contribution in [3.8, 4) is 5.75 Å². The van der Waals surface area contributed by atoms with Crippen LogP contribution in [0.15, 0.2) is 70.9 Å². The maximum atomic E-state index is 12.3. The lowest BCUT2D eigenvalue weighted by atomic mass is 10.2. The largest absolute Gasteiger partial charge is 0.497 e. The van der Waals surface area contributed by atoms with Crippen LogP contribution in [0.4, 0.5) is 5.69 Å². The minimum Gasteiger partial charge on any atom is -0.497 e. The van der Waals surface area contributed by atoms with Gasteiger partial charge >= 0.3 is 0 Å². The molecule has 0 aliphatic rings. The van der Waals surface area contributed by atoms with Crippen LogP contribution in [-0.4, -0.2) is 24.6 Å². The van der Waals surface area contributed by atoms with Crippen molar-refractivity contribution >= 4 is 40.5 Å². The molecule has 0 aliphatic carbocycles. The number of Topliss-reactive ketones (excluding diaryl/α,β-unsaturated/α-hetero) is 1. The second-order valence-corrected chi connectivity index (χ2v) is 7.40. The predicted octanol–water partition coefficient (Wildman–Crippen LogP) is 4.98. The zero-order chi connectivity index (χ0) is 18.4. The van der Waals surface area contributed by atoms with E-state index < -0.39 is 0 Å². The van der Waals surface area contributed by atoms with Crippen LogP contribution < -0.4 is 10.1 Å². The molecule has 26 heavy (non-hydrogen) atoms. The molecule has 0 aliphatic heterocycles. The number of hydrogen-bond acceptors (Lipinski definition) is 5. The van der Waals surface area contributed by atoms with Gasteiger partial charge < -0.3 is 10.1 Å². The molecule has 0 spiro atoms. The lowest BCUT2D eigenvalue weighted by Crippen LogP contribution is -2.11. The van der Waals surface area contributed by atoms with Gasteiger partial charge in [0, 0.05) is 16.1 Å². The van der Waals surface area contributed by atoms with Gasteiger partial charge in [-0.25, -0.2) is 0 Å². The Bertz CT molecular complexity index is 890. The van der Waals surface area contributed by atoms with Crippen molar-refractivity contribution in [1.82, 2.24) is 0 Å². The van der Waals surface area contributed by atoms with Crippen LogP contribution >= 0.6 is 23.1 Å². The van der Waals surface area contributed by atoms with E-state index in [9.17, 15) is 9.59 Å². The molecule has 0 unspecified atom stereocenters. The van der Waals surface area contributed by atoms with Gasteiger partial charge in [0.2, 0.25) is 0 Å². The third-order valence-corrected chi connectivity index (χ3v) is 5.51. The molecule has 1 aromatic heterocycles. The molecule has 1 N–H and O–H groups in total. The molecule has 132 valence electrons. The Morgan fingerprint density at radius 3 is 2.58 bits per heavy atom. The summed E-state index contributed by atoms with van der Waals surface area (Å²) in [6.07, 6.45) is 0. The van der Waals surface area contributed by atoms with Crippen molar-refractivity contribution in [1.29, 1.82) is 0 Å². The molecular formula is C20H17NO3S2. The Kier molecular flexibility index (Phi) is 6.09. The van der Waals surface area contributed by atoms with Gasteiger partial charge in [0.1, 0.15) is 5.75 Å². The Balaban J connectivity index is 1.61. The van der Waals surface area contributed by atoms with Gasteiger partial charge in [0.05, 0.1) is 17.7 Å². The number of thioether (sulfide) groups is 1. The summed E-state index contributed by atoms with van der Waals surface area (Å²) < 4.78 is 5.09. The van der Waals surface area contributed by atoms with Gasteiger partial charge in [-0.05, 0) is 53.9 Å². The van der Waals surface area contributed by atoms with E-state index in [1.165, 1.54) is 23.1 Å². The summed E-state index contributed by atoms with van der Waals surface area (Å²) in [6, 6.07) is 18.1. The number of ketones is 1. The Hall–Kier alpha value is -2.57. The standard InChI is InChI=1S/C20H17NO3S2/c1-24-16-9-7-14(8-10-16)20(23)21-15-4-2-5-17(12-15)26-13-18(22)19-6-3-11-25-19/h2-12H,13H2,1H3,(H,21,23). The van der Waals surface area contributed by atoms with Crippen LogP contribution in [0.2, 0.25) is 0 Å². The smallest absolute Gasteiger partial charge is 0.255 e. The minimum absolute atomic E-state index is 0.109. The highest BCUT2D eigenvalue weighted by molar-refractivity contribution is 8.00. The molecule has 1 heterocycles. The molecule has 0 saturated heterocycles. The first-order chi connectivity index (χ1) is 12.7. The quantitative estimate of drug-likeness (QED) is 0.462. The molecule has 6 heteroatoms. The highest BCUT2D eigenvalue weighted by atomic mass is 32.2. The van der Waals surface area contributed by atoms with Crippen LogP contribution in [-0.2, 0) is 0 Å². The van der Waals surface area contributed by atoms with E-state index in [2.05, 4.69) is 5.32 Å². The second-order valence-electron chi connectivity index (χ2n) is 5.40. The summed E-state index contributed by atoms with van der Waals surface area (Å²) in [5, 5.41) is 4.77. The van der Waals surface area contributed by atoms with Crippen molar-refractivity contribution in [3.63, 3.8) is 0 Å². The number of thiophene rings is 1. The number of benzene rings is 2. The topological polar surface area (TPSA) is 55.4 Å². The summed E-state index contributed by atoms with van der Waals surface area (Å²) in [4.78, 5) is 26.1. The molecule has 2 aromatic carbocycles. The number of hydrogen-bond donors (Lipinski definition) is 1. The van der Waals surface area contributed by atoms with Crippen molar-refractivity contribution in [2.75, 3.05) is 18.2 Å². The van der Waals surface area contributed by atoms with Crippen LogP contribution in [0.5, 0.6) is 5.75 Å². The number of nitrogens with one attached hydrogen (secondary N) is 1. The second kappa shape index (κ2) is 8.69. The lowest BCUT2D eigenvalue weighted by molar-refractivity contribution is 0.101. The highest BCUT2D eigenvalue weighted by Crippen LogP contribution is 2.24. The molecule has 0 fully saturated rings. The van der Waals surface area contributed by atoms with Crippen LogP contribution in [0.3, 0.4) is 0 Å². The summed E-state index contributed by atoms with van der Waals surface area (Å²) >= 11 is 2.91. The summed E-state index contributed by atoms with van der Waals surface area (Å²) in [7, 11) is 1.58. The minimum atomic E-state index is -0.190. The fourth-order valence-electron chi connectivity index (χ4n) is 2.27. The number of carbonyl (C=O) groups is 2. The molecule has 0 atom stereocenters. The van der Waals surface area contributed by atoms with Gasteiger partial charge in [-0.3, -0.25) is 9.59 Å². The first-order valence-electron chi connectivity index (χ1n) is 7.90. The van der Waals surface area contributed by atoms with E-state index in [1.54, 1.807) is 31.4 Å². The molecule has 4 nitrogen and oxygen atoms in total. The van der Waals surface area contributed by atoms with E-state index in [4.69, 9.17) is 4.74 Å². The van der Waals surface area contributed by atoms with Crippen molar-refractivity contribution in [2.45, 2.75) is 4.90 Å². The number of rotatable bonds is 7. The number of methoxy groups -OCH3 is 1. The third-order valence-electron chi connectivity index (χ3n) is 3.61. The number of ether oxygens (including phenoxy) is 1. The van der Waals surface area contributed by atoms with E-state index >= 15 is 0 Å². The van der Waals surface area contributed by atoms with E-state index in [1.807, 2.05) is 41.8 Å². The summed E-state index contributed by atoms with van der Waals surface area (Å²) in [5.74, 6) is 0.994. The number of carbonyl (C=O) groups excluding carboxylic acids is 2. The molecule has 3 rings (SSSR count). The fraction of sp³-hybridized carbons (Fsp3) is 0.100. The molecular weight excluding hydrogens is 366 g/mol. The van der Waals surface area contributed by atoms with Crippen molar-refractivity contribution in [2.24, 2.45) is 0 Å². The predicted molar refractivity (Wildman–Crippen MR) is 107 cm³/mol. The first-order valence-corrected chi connectivity index (χ1v) is 9.77. The Morgan fingerprint density at radius 2 is 1.88 bits per heavy atom. The first kappa shape index (κ1) is 18.2. The summed E-state index contributed by atoms with van der Waals surface area (Å²) in [6.45, 7) is 0. The molecule has 0 radical (unpaired) electrons. The monoisotopic (exact) mass is 383 g/mol. The van der Waals surface area contributed by atoms with Crippen molar-refractivity contribution in [3.05, 3.63) is 76.5 Å². The molecule has 0 saturated carbocycles. The molecule has 3 aromatic rings. The number of amides is 1. The van der Waals surface area contributed by atoms with Gasteiger partial charge in [0.15, 0.2) is 5.78 Å². The van der Waals surface area contributed by atoms with Crippen LogP contribution in [0.25, 0.3) is 0 Å². The Morgan fingerprint density at radius 1 is 1.08 bits per heavy atom. The molecule has 1 amide bonds. The SMILES string of the molecule is COc1ccc(C(=O)Nc2cccc(SCC(=O)c3cccs3)c2)cc1. The lowest BCUT2D eigenvalue weighted by Gasteiger charge is -2.08. The van der Waals surface area contributed by atoms with Crippen LogP contribution in [0, 0.1) is 0 Å². The van der Waals surface area contributed by atoms with Gasteiger partial charge in [0.25, 0.3) is 5.91 Å². The van der Waals surface area contributed by atoms with E-state index in [-0.39, 0.29) is 11.7 Å². The van der Waals surface area contributed by atoms with Gasteiger partial charge in [-0.15, -0.1) is 23.1 Å². The summed E-state index contributed by atoms with van der Waals surface area (Å²) in [5.41, 5.74) is 1.25. The average Bonchev–Trinajstić information content (AvgIpc) is 3.21. The van der Waals surface area contributed by atoms with Gasteiger partial charge in [-0.2, -0.15) is 0 Å². The normalized spacial score (nSPS) is 10.3. The van der Waals surface area contributed by atoms with E-state index in [0.29, 0.717) is 22.8 Å². The zero-order valence-electron chi connectivity index (χ0n) is 14.1. The van der Waals surface area contributed by atoms with Crippen molar-refractivity contribution < 1.29 is 14.3 Å². The zero-order valence-corrected chi connectivity index (χ0v) is 15.7. The fourth-order valence-corrected chi connectivity index (χ4v) is 3.86. The average molecular weight is 383 g/mol. The molecule has 0 bridgehead atoms. The third kappa shape index (κ3) is 4.74. The van der Waals surface area contributed by atoms with Gasteiger partial charge in [-0.1, -0.05) is 12.1 Å². The van der Waals surface area contributed by atoms with E-state index in [0.717, 1.165) is 9.77 Å². The van der Waals surface area contributed by atoms with Crippen LogP contribution in [0.1, 0.15) is 20.0 Å². The Labute approximate surface area is 160 Å². The highest BCUT2D eigenvalue weighted by Gasteiger charge is 2.09. The maximum Gasteiger partial charge on any atom is 0.255 e. The maximum absolute atomic E-state index is 12.3. The number of anilines is 1.